The van der Waals surface area contributed by atoms with Gasteiger partial charge in [-0.2, -0.15) is 4.98 Å². The maximum atomic E-state index is 12.5. The number of nitrogens with zero attached hydrogens (tertiary/aromatic N) is 3. The number of nitrogens with one attached hydrogen (secondary N) is 1. The summed E-state index contributed by atoms with van der Waals surface area (Å²) in [5.74, 6) is 0.521. The number of aliphatic hydroxyl groups is 2. The number of hydrogen-bond acceptors (Lipinski definition) is 8. The van der Waals surface area contributed by atoms with E-state index in [1.165, 1.54) is 16.3 Å². The van der Waals surface area contributed by atoms with E-state index in [1.807, 2.05) is 0 Å². The van der Waals surface area contributed by atoms with Gasteiger partial charge in [0.15, 0.2) is 5.82 Å². The van der Waals surface area contributed by atoms with Crippen molar-refractivity contribution in [2.24, 2.45) is 0 Å². The smallest absolute Gasteiger partial charge is 0.351 e. The van der Waals surface area contributed by atoms with E-state index in [2.05, 4.69) is 47.2 Å². The molecule has 8 nitrogen and oxygen atoms in total. The van der Waals surface area contributed by atoms with Crippen molar-refractivity contribution < 1.29 is 14.9 Å². The van der Waals surface area contributed by atoms with Gasteiger partial charge in [0.1, 0.15) is 12.3 Å². The van der Waals surface area contributed by atoms with E-state index in [9.17, 15) is 15.0 Å². The van der Waals surface area contributed by atoms with Gasteiger partial charge in [-0.3, -0.25) is 4.57 Å². The molecule has 9 heteroatoms. The Morgan fingerprint density at radius 1 is 1.36 bits per heavy atom. The van der Waals surface area contributed by atoms with E-state index in [1.54, 1.807) is 6.20 Å². The maximum Gasteiger partial charge on any atom is 0.351 e. The molecular formula is C19H24N4O4S. The van der Waals surface area contributed by atoms with E-state index in [-0.39, 0.29) is 13.0 Å². The fourth-order valence-electron chi connectivity index (χ4n) is 3.61. The minimum Gasteiger partial charge on any atom is -0.394 e. The Labute approximate surface area is 167 Å². The first-order valence-electron chi connectivity index (χ1n) is 9.45. The highest BCUT2D eigenvalue weighted by Gasteiger charge is 2.35. The van der Waals surface area contributed by atoms with Crippen molar-refractivity contribution in [3.63, 3.8) is 0 Å². The molecule has 2 aliphatic heterocycles. The molecule has 0 unspecified atom stereocenters. The van der Waals surface area contributed by atoms with Gasteiger partial charge in [-0.05, 0) is 32.0 Å². The van der Waals surface area contributed by atoms with Gasteiger partial charge in [-0.25, -0.2) is 4.79 Å². The van der Waals surface area contributed by atoms with Crippen LogP contribution in [0, 0.1) is 0 Å². The van der Waals surface area contributed by atoms with Gasteiger partial charge in [0.25, 0.3) is 0 Å². The summed E-state index contributed by atoms with van der Waals surface area (Å²) >= 11 is 1.54. The number of aromatic nitrogens is 2. The summed E-state index contributed by atoms with van der Waals surface area (Å²) in [6.07, 6.45) is -0.167. The van der Waals surface area contributed by atoms with Crippen LogP contribution in [-0.2, 0) is 4.74 Å². The number of benzene rings is 1. The van der Waals surface area contributed by atoms with Crippen LogP contribution < -0.4 is 15.9 Å². The summed E-state index contributed by atoms with van der Waals surface area (Å²) in [6, 6.07) is 6.24. The van der Waals surface area contributed by atoms with Crippen LogP contribution in [0.25, 0.3) is 0 Å². The zero-order chi connectivity index (χ0) is 19.8. The average molecular weight is 404 g/mol. The molecule has 1 aromatic carbocycles. The van der Waals surface area contributed by atoms with E-state index < -0.39 is 24.1 Å². The third-order valence-electron chi connectivity index (χ3n) is 5.18. The van der Waals surface area contributed by atoms with Gasteiger partial charge in [0, 0.05) is 36.3 Å². The molecule has 3 atom stereocenters. The molecule has 3 heterocycles. The highest BCUT2D eigenvalue weighted by molar-refractivity contribution is 7.99. The van der Waals surface area contributed by atoms with Crippen molar-refractivity contribution in [2.75, 3.05) is 29.9 Å². The van der Waals surface area contributed by atoms with Gasteiger partial charge in [0.05, 0.1) is 23.3 Å². The first-order chi connectivity index (χ1) is 13.5. The number of anilines is 3. The van der Waals surface area contributed by atoms with Crippen LogP contribution in [0.4, 0.5) is 17.2 Å². The largest absolute Gasteiger partial charge is 0.394 e. The molecule has 150 valence electrons. The topological polar surface area (TPSA) is 99.9 Å². The third kappa shape index (κ3) is 3.39. The lowest BCUT2D eigenvalue weighted by atomic mass is 10.2. The lowest BCUT2D eigenvalue weighted by molar-refractivity contribution is -0.0460. The van der Waals surface area contributed by atoms with Gasteiger partial charge in [-0.15, -0.1) is 0 Å². The zero-order valence-electron chi connectivity index (χ0n) is 15.8. The second-order valence-electron chi connectivity index (χ2n) is 6.84. The molecule has 0 aliphatic carbocycles. The minimum atomic E-state index is -0.803. The number of aliphatic hydroxyl groups excluding tert-OH is 2. The molecule has 2 aliphatic rings. The average Bonchev–Trinajstić information content (AvgIpc) is 3.07. The molecule has 0 bridgehead atoms. The Balaban J connectivity index is 1.63. The molecule has 1 aromatic heterocycles. The Morgan fingerprint density at radius 2 is 2.14 bits per heavy atom. The van der Waals surface area contributed by atoms with Crippen molar-refractivity contribution >= 4 is 29.0 Å². The van der Waals surface area contributed by atoms with E-state index in [0.717, 1.165) is 34.3 Å². The predicted molar refractivity (Wildman–Crippen MR) is 108 cm³/mol. The summed E-state index contributed by atoms with van der Waals surface area (Å²) in [4.78, 5) is 20.8. The van der Waals surface area contributed by atoms with Crippen LogP contribution in [0.3, 0.4) is 0 Å². The van der Waals surface area contributed by atoms with E-state index >= 15 is 0 Å². The second-order valence-corrected chi connectivity index (χ2v) is 7.92. The number of ether oxygens (including phenoxy) is 1. The normalized spacial score (nSPS) is 23.1. The molecule has 0 radical (unpaired) electrons. The van der Waals surface area contributed by atoms with Crippen LogP contribution in [0.1, 0.15) is 26.5 Å². The number of fused-ring (bicyclic) bond motifs is 2. The molecule has 2 aromatic rings. The molecule has 1 fully saturated rings. The lowest BCUT2D eigenvalue weighted by Crippen LogP contribution is -2.29. The number of hydrogen-bond donors (Lipinski definition) is 3. The van der Waals surface area contributed by atoms with Crippen molar-refractivity contribution in [3.05, 3.63) is 34.9 Å². The first-order valence-corrected chi connectivity index (χ1v) is 10.3. The summed E-state index contributed by atoms with van der Waals surface area (Å²) in [6.45, 7) is 5.79. The summed E-state index contributed by atoms with van der Waals surface area (Å²) < 4.78 is 7.00. The zero-order valence-corrected chi connectivity index (χ0v) is 16.6. The van der Waals surface area contributed by atoms with Crippen LogP contribution in [-0.4, -0.2) is 51.7 Å². The van der Waals surface area contributed by atoms with E-state index in [4.69, 9.17) is 4.74 Å². The van der Waals surface area contributed by atoms with Crippen molar-refractivity contribution in [1.82, 2.24) is 9.55 Å². The van der Waals surface area contributed by atoms with Gasteiger partial charge in [-0.1, -0.05) is 11.8 Å². The van der Waals surface area contributed by atoms with Gasteiger partial charge < -0.3 is 25.2 Å². The summed E-state index contributed by atoms with van der Waals surface area (Å²) in [5.41, 5.74) is 1.60. The lowest BCUT2D eigenvalue weighted by Gasteiger charge is -2.25. The van der Waals surface area contributed by atoms with E-state index in [0.29, 0.717) is 5.82 Å². The SMILES string of the molecule is CCN(CC)c1ccc2c(c1)Nc1nc(=O)n([C@H]3C[C@@H](O)[C@@H](CO)O3)cc1S2. The number of rotatable bonds is 5. The molecule has 0 amide bonds. The van der Waals surface area contributed by atoms with Crippen molar-refractivity contribution in [1.29, 1.82) is 0 Å². The standard InChI is InChI=1S/C19H24N4O4S/c1-3-22(4-2)11-5-6-15-12(7-11)20-18-16(28-15)9-23(19(26)21-18)17-8-13(25)14(10-24)27-17/h5-7,9,13-14,17,24-25H,3-4,8,10H2,1-2H3,(H,20,21,26)/t13-,14-,17-/m1/s1. The summed E-state index contributed by atoms with van der Waals surface area (Å²) in [7, 11) is 0. The first kappa shape index (κ1) is 19.3. The summed E-state index contributed by atoms with van der Waals surface area (Å²) in [5, 5.41) is 22.5. The quantitative estimate of drug-likeness (QED) is 0.593. The van der Waals surface area contributed by atoms with Crippen LogP contribution in [0.15, 0.2) is 39.0 Å². The van der Waals surface area contributed by atoms with Crippen LogP contribution >= 0.6 is 11.8 Å². The van der Waals surface area contributed by atoms with Crippen molar-refractivity contribution in [3.8, 4) is 0 Å². The van der Waals surface area contributed by atoms with Gasteiger partial charge >= 0.3 is 5.69 Å². The second kappa shape index (κ2) is 7.75. The Hall–Kier alpha value is -2.07. The van der Waals surface area contributed by atoms with Gasteiger partial charge in [0.2, 0.25) is 0 Å². The molecule has 28 heavy (non-hydrogen) atoms. The Bertz CT molecular complexity index is 931. The molecule has 0 saturated carbocycles. The highest BCUT2D eigenvalue weighted by atomic mass is 32.2. The molecule has 4 rings (SSSR count). The molecule has 3 N–H and O–H groups in total. The predicted octanol–water partition coefficient (Wildman–Crippen LogP) is 1.94. The fraction of sp³-hybridized carbons (Fsp3) is 0.474. The van der Waals surface area contributed by atoms with Crippen LogP contribution in [0.5, 0.6) is 0 Å². The molecule has 1 saturated heterocycles. The highest BCUT2D eigenvalue weighted by Crippen LogP contribution is 2.44. The Kier molecular flexibility index (Phi) is 5.33. The monoisotopic (exact) mass is 404 g/mol. The third-order valence-corrected chi connectivity index (χ3v) is 6.27. The van der Waals surface area contributed by atoms with Crippen LogP contribution in [0.2, 0.25) is 0 Å². The maximum absolute atomic E-state index is 12.5. The Morgan fingerprint density at radius 3 is 2.82 bits per heavy atom. The molecule has 0 spiro atoms. The molecular weight excluding hydrogens is 380 g/mol. The minimum absolute atomic E-state index is 0.244. The fourth-order valence-corrected chi connectivity index (χ4v) is 4.56. The van der Waals surface area contributed by atoms with Crippen molar-refractivity contribution in [2.45, 2.75) is 48.5 Å².